The topological polar surface area (TPSA) is 92.3 Å². The van der Waals surface area contributed by atoms with Gasteiger partial charge in [-0.15, -0.1) is 10.2 Å². The van der Waals surface area contributed by atoms with Gasteiger partial charge in [0.15, 0.2) is 0 Å². The summed E-state index contributed by atoms with van der Waals surface area (Å²) in [6.45, 7) is 0. The lowest BCUT2D eigenvalue weighted by atomic mass is 10.2. The number of nitrogens with one attached hydrogen (secondary N) is 2. The largest absolute Gasteiger partial charge is 0.416 e. The molecule has 0 aliphatic carbocycles. The van der Waals surface area contributed by atoms with E-state index in [2.05, 4.69) is 35.9 Å². The maximum Gasteiger partial charge on any atom is 0.416 e. The molecule has 10 heteroatoms. The monoisotopic (exact) mass is 307 g/mol. The molecule has 2 N–H and O–H groups in total. The van der Waals surface area contributed by atoms with Gasteiger partial charge in [0, 0.05) is 11.9 Å². The van der Waals surface area contributed by atoms with Gasteiger partial charge in [0.2, 0.25) is 5.82 Å². The number of H-pyrrole nitrogens is 1. The molecule has 7 nitrogen and oxygen atoms in total. The van der Waals surface area contributed by atoms with Crippen LogP contribution < -0.4 is 5.32 Å². The summed E-state index contributed by atoms with van der Waals surface area (Å²) in [5.74, 6) is 0.631. The molecule has 0 aliphatic heterocycles. The Bertz CT molecular complexity index is 753. The van der Waals surface area contributed by atoms with E-state index in [-0.39, 0.29) is 5.82 Å². The van der Waals surface area contributed by atoms with Gasteiger partial charge in [-0.25, -0.2) is 9.97 Å². The van der Waals surface area contributed by atoms with E-state index in [1.807, 2.05) is 0 Å². The number of benzene rings is 1. The SMILES string of the molecule is FC(F)(F)c1ccc(Nc2ncncc2-c2nn[nH]n2)cc1. The molecule has 0 saturated heterocycles. The molecule has 0 amide bonds. The summed E-state index contributed by atoms with van der Waals surface area (Å²) < 4.78 is 37.6. The molecule has 0 saturated carbocycles. The van der Waals surface area contributed by atoms with Crippen molar-refractivity contribution in [1.29, 1.82) is 0 Å². The number of anilines is 2. The number of hydrogen-bond donors (Lipinski definition) is 2. The Morgan fingerprint density at radius 2 is 1.86 bits per heavy atom. The number of rotatable bonds is 3. The first-order chi connectivity index (χ1) is 10.5. The summed E-state index contributed by atoms with van der Waals surface area (Å²) in [5.41, 5.74) is 0.187. The fraction of sp³-hybridized carbons (Fsp3) is 0.0833. The predicted molar refractivity (Wildman–Crippen MR) is 69.9 cm³/mol. The van der Waals surface area contributed by atoms with Crippen LogP contribution in [-0.2, 0) is 6.18 Å². The highest BCUT2D eigenvalue weighted by Crippen LogP contribution is 2.31. The van der Waals surface area contributed by atoms with Crippen LogP contribution in [0.5, 0.6) is 0 Å². The highest BCUT2D eigenvalue weighted by Gasteiger charge is 2.29. The van der Waals surface area contributed by atoms with Crippen LogP contribution in [-0.4, -0.2) is 30.6 Å². The highest BCUT2D eigenvalue weighted by atomic mass is 19.4. The van der Waals surface area contributed by atoms with Gasteiger partial charge in [0.25, 0.3) is 0 Å². The van der Waals surface area contributed by atoms with Crippen LogP contribution in [0.4, 0.5) is 24.7 Å². The molecular formula is C12H8F3N7. The maximum absolute atomic E-state index is 12.5. The van der Waals surface area contributed by atoms with Crippen LogP contribution in [0, 0.1) is 0 Å². The van der Waals surface area contributed by atoms with Crippen LogP contribution >= 0.6 is 0 Å². The zero-order valence-corrected chi connectivity index (χ0v) is 10.8. The first-order valence-corrected chi connectivity index (χ1v) is 6.02. The van der Waals surface area contributed by atoms with Crippen LogP contribution in [0.2, 0.25) is 0 Å². The van der Waals surface area contributed by atoms with Crippen molar-refractivity contribution >= 4 is 11.5 Å². The molecule has 0 aliphatic rings. The summed E-state index contributed by atoms with van der Waals surface area (Å²) in [6, 6.07) is 4.59. The van der Waals surface area contributed by atoms with Crippen molar-refractivity contribution in [2.75, 3.05) is 5.32 Å². The average molecular weight is 307 g/mol. The Balaban J connectivity index is 1.88. The molecule has 1 aromatic carbocycles. The van der Waals surface area contributed by atoms with E-state index in [1.165, 1.54) is 24.7 Å². The normalized spacial score (nSPS) is 11.4. The molecule has 22 heavy (non-hydrogen) atoms. The molecule has 0 bridgehead atoms. The summed E-state index contributed by atoms with van der Waals surface area (Å²) >= 11 is 0. The molecule has 0 spiro atoms. The lowest BCUT2D eigenvalue weighted by Gasteiger charge is -2.10. The molecule has 2 heterocycles. The summed E-state index contributed by atoms with van der Waals surface area (Å²) in [4.78, 5) is 7.90. The number of aromatic amines is 1. The molecule has 0 unspecified atom stereocenters. The second kappa shape index (κ2) is 5.39. The zero-order valence-electron chi connectivity index (χ0n) is 10.8. The van der Waals surface area contributed by atoms with E-state index >= 15 is 0 Å². The first-order valence-electron chi connectivity index (χ1n) is 6.02. The third kappa shape index (κ3) is 2.85. The van der Waals surface area contributed by atoms with Gasteiger partial charge >= 0.3 is 6.18 Å². The van der Waals surface area contributed by atoms with E-state index in [0.29, 0.717) is 17.1 Å². The third-order valence-electron chi connectivity index (χ3n) is 2.77. The summed E-state index contributed by atoms with van der Waals surface area (Å²) in [7, 11) is 0. The lowest BCUT2D eigenvalue weighted by Crippen LogP contribution is -2.04. The Labute approximate surface area is 121 Å². The van der Waals surface area contributed by atoms with E-state index < -0.39 is 11.7 Å². The van der Waals surface area contributed by atoms with Crippen LogP contribution in [0.25, 0.3) is 11.4 Å². The van der Waals surface area contributed by atoms with E-state index in [0.717, 1.165) is 12.1 Å². The zero-order chi connectivity index (χ0) is 15.6. The standard InChI is InChI=1S/C12H8F3N7/c13-12(14,15)7-1-3-8(4-2-7)18-10-9(5-16-6-17-10)11-19-21-22-20-11/h1-6H,(H,16,17,18)(H,19,20,21,22). The third-order valence-corrected chi connectivity index (χ3v) is 2.77. The van der Waals surface area contributed by atoms with E-state index in [4.69, 9.17) is 0 Å². The number of hydrogen-bond acceptors (Lipinski definition) is 6. The van der Waals surface area contributed by atoms with Crippen molar-refractivity contribution in [3.63, 3.8) is 0 Å². The van der Waals surface area contributed by atoms with E-state index in [1.54, 1.807) is 0 Å². The Morgan fingerprint density at radius 1 is 1.09 bits per heavy atom. The molecule has 112 valence electrons. The Kier molecular flexibility index (Phi) is 3.41. The average Bonchev–Trinajstić information content (AvgIpc) is 3.01. The second-order valence-electron chi connectivity index (χ2n) is 4.22. The Hall–Kier alpha value is -3.04. The van der Waals surface area contributed by atoms with Crippen molar-refractivity contribution in [2.24, 2.45) is 0 Å². The van der Waals surface area contributed by atoms with Crippen molar-refractivity contribution < 1.29 is 13.2 Å². The maximum atomic E-state index is 12.5. The molecule has 3 aromatic rings. The van der Waals surface area contributed by atoms with Crippen LogP contribution in [0.3, 0.4) is 0 Å². The molecule has 3 rings (SSSR count). The van der Waals surface area contributed by atoms with Gasteiger partial charge in [-0.05, 0) is 29.5 Å². The second-order valence-corrected chi connectivity index (χ2v) is 4.22. The minimum Gasteiger partial charge on any atom is -0.340 e. The molecular weight excluding hydrogens is 299 g/mol. The van der Waals surface area contributed by atoms with Crippen molar-refractivity contribution in [3.8, 4) is 11.4 Å². The van der Waals surface area contributed by atoms with Gasteiger partial charge < -0.3 is 5.32 Å². The Morgan fingerprint density at radius 3 is 2.50 bits per heavy atom. The lowest BCUT2D eigenvalue weighted by molar-refractivity contribution is -0.137. The summed E-state index contributed by atoms with van der Waals surface area (Å²) in [6.07, 6.45) is -1.59. The fourth-order valence-corrected chi connectivity index (χ4v) is 1.75. The molecule has 0 atom stereocenters. The van der Waals surface area contributed by atoms with Crippen LogP contribution in [0.15, 0.2) is 36.8 Å². The molecule has 0 radical (unpaired) electrons. The number of nitrogens with zero attached hydrogens (tertiary/aromatic N) is 5. The first kappa shape index (κ1) is 13.9. The van der Waals surface area contributed by atoms with Gasteiger partial charge in [0.05, 0.1) is 11.1 Å². The minimum absolute atomic E-state index is 0.273. The van der Waals surface area contributed by atoms with Gasteiger partial charge in [-0.3, -0.25) is 0 Å². The van der Waals surface area contributed by atoms with Crippen LogP contribution in [0.1, 0.15) is 5.56 Å². The number of alkyl halides is 3. The van der Waals surface area contributed by atoms with Gasteiger partial charge in [-0.1, -0.05) is 0 Å². The van der Waals surface area contributed by atoms with Crippen molar-refractivity contribution in [2.45, 2.75) is 6.18 Å². The predicted octanol–water partition coefficient (Wildman–Crippen LogP) is 2.42. The van der Waals surface area contributed by atoms with Crippen molar-refractivity contribution in [1.82, 2.24) is 30.6 Å². The molecule has 0 fully saturated rings. The van der Waals surface area contributed by atoms with Gasteiger partial charge in [0.1, 0.15) is 12.1 Å². The van der Waals surface area contributed by atoms with Crippen molar-refractivity contribution in [3.05, 3.63) is 42.4 Å². The summed E-state index contributed by atoms with van der Waals surface area (Å²) in [5, 5.41) is 16.3. The van der Waals surface area contributed by atoms with Gasteiger partial charge in [-0.2, -0.15) is 18.4 Å². The molecule has 2 aromatic heterocycles. The smallest absolute Gasteiger partial charge is 0.340 e. The van der Waals surface area contributed by atoms with E-state index in [9.17, 15) is 13.2 Å². The quantitative estimate of drug-likeness (QED) is 0.772. The number of tetrazole rings is 1. The fourth-order valence-electron chi connectivity index (χ4n) is 1.75. The highest BCUT2D eigenvalue weighted by molar-refractivity contribution is 5.73. The number of halogens is 3. The minimum atomic E-state index is -4.37. The number of aromatic nitrogens is 6.